The maximum Gasteiger partial charge on any atom is 0.287 e. The Morgan fingerprint density at radius 1 is 1.18 bits per heavy atom. The van der Waals surface area contributed by atoms with Gasteiger partial charge in [0.25, 0.3) is 11.5 Å². The number of rotatable bonds is 6. The number of amides is 1. The Balaban J connectivity index is 1.46. The molecule has 3 aromatic heterocycles. The van der Waals surface area contributed by atoms with Crippen LogP contribution in [-0.2, 0) is 13.1 Å². The van der Waals surface area contributed by atoms with E-state index in [9.17, 15) is 9.59 Å². The summed E-state index contributed by atoms with van der Waals surface area (Å²) >= 11 is 3.16. The molecule has 0 bridgehead atoms. The molecule has 0 spiro atoms. The van der Waals surface area contributed by atoms with Crippen LogP contribution in [0.4, 0.5) is 0 Å². The molecule has 8 nitrogen and oxygen atoms in total. The summed E-state index contributed by atoms with van der Waals surface area (Å²) in [6, 6.07) is 12.9. The van der Waals surface area contributed by atoms with Gasteiger partial charge in [-0.1, -0.05) is 30.3 Å². The van der Waals surface area contributed by atoms with E-state index in [1.165, 1.54) is 12.5 Å². The van der Waals surface area contributed by atoms with E-state index < -0.39 is 0 Å². The number of hydrogen-bond donors (Lipinski definition) is 1. The summed E-state index contributed by atoms with van der Waals surface area (Å²) in [4.78, 5) is 29.1. The highest BCUT2D eigenvalue weighted by atomic mass is 79.9. The van der Waals surface area contributed by atoms with Gasteiger partial charge in [0.15, 0.2) is 16.1 Å². The first-order valence-corrected chi connectivity index (χ1v) is 9.39. The predicted octanol–water partition coefficient (Wildman–Crippen LogP) is 2.43. The number of halogens is 1. The lowest BCUT2D eigenvalue weighted by Gasteiger charge is -2.07. The molecule has 0 fully saturated rings. The molecule has 0 unspecified atom stereocenters. The normalized spacial score (nSPS) is 11.0. The lowest BCUT2D eigenvalue weighted by Crippen LogP contribution is -2.27. The predicted molar refractivity (Wildman–Crippen MR) is 106 cm³/mol. The van der Waals surface area contributed by atoms with Crippen molar-refractivity contribution in [2.75, 3.05) is 6.54 Å². The minimum absolute atomic E-state index is 0.149. The zero-order chi connectivity index (χ0) is 19.5. The number of fused-ring (bicyclic) bond motifs is 1. The van der Waals surface area contributed by atoms with Crippen molar-refractivity contribution in [3.05, 3.63) is 81.3 Å². The average Bonchev–Trinajstić information content (AvgIpc) is 3.32. The summed E-state index contributed by atoms with van der Waals surface area (Å²) in [6.07, 6.45) is 3.03. The lowest BCUT2D eigenvalue weighted by atomic mass is 10.2. The van der Waals surface area contributed by atoms with E-state index in [-0.39, 0.29) is 17.2 Å². The van der Waals surface area contributed by atoms with Crippen molar-refractivity contribution in [2.45, 2.75) is 13.1 Å². The molecule has 0 saturated heterocycles. The summed E-state index contributed by atoms with van der Waals surface area (Å²) in [5.41, 5.74) is 1.36. The molecular weight excluding hydrogens is 426 g/mol. The molecule has 4 rings (SSSR count). The summed E-state index contributed by atoms with van der Waals surface area (Å²) < 4.78 is 8.85. The van der Waals surface area contributed by atoms with Crippen molar-refractivity contribution in [1.82, 2.24) is 24.6 Å². The van der Waals surface area contributed by atoms with Crippen LogP contribution >= 0.6 is 15.9 Å². The largest absolute Gasteiger partial charge is 0.444 e. The maximum atomic E-state index is 12.7. The van der Waals surface area contributed by atoms with Gasteiger partial charge < -0.3 is 9.73 Å². The quantitative estimate of drug-likeness (QED) is 0.495. The molecule has 3 heterocycles. The summed E-state index contributed by atoms with van der Waals surface area (Å²) in [7, 11) is 0. The van der Waals surface area contributed by atoms with Crippen LogP contribution < -0.4 is 10.9 Å². The number of nitrogens with zero attached hydrogens (tertiary/aromatic N) is 4. The van der Waals surface area contributed by atoms with E-state index in [0.29, 0.717) is 35.3 Å². The zero-order valence-corrected chi connectivity index (χ0v) is 16.3. The maximum absolute atomic E-state index is 12.7. The zero-order valence-electron chi connectivity index (χ0n) is 14.7. The first kappa shape index (κ1) is 18.2. The van der Waals surface area contributed by atoms with Crippen LogP contribution in [0, 0.1) is 0 Å². The third-order valence-corrected chi connectivity index (χ3v) is 4.65. The first-order valence-electron chi connectivity index (χ1n) is 8.60. The second-order valence-corrected chi connectivity index (χ2v) is 6.91. The molecule has 28 heavy (non-hydrogen) atoms. The van der Waals surface area contributed by atoms with Crippen LogP contribution in [0.25, 0.3) is 11.0 Å². The highest BCUT2D eigenvalue weighted by molar-refractivity contribution is 9.10. The monoisotopic (exact) mass is 441 g/mol. The molecule has 9 heteroatoms. The number of carbonyl (C=O) groups is 1. The van der Waals surface area contributed by atoms with Crippen molar-refractivity contribution in [2.24, 2.45) is 0 Å². The second kappa shape index (κ2) is 7.81. The van der Waals surface area contributed by atoms with Gasteiger partial charge in [-0.3, -0.25) is 14.2 Å². The molecule has 142 valence electrons. The minimum Gasteiger partial charge on any atom is -0.444 e. The Bertz CT molecular complexity index is 1180. The standard InChI is InChI=1S/C19H16BrN5O3/c20-16-7-6-15(28-16)18(26)21-8-9-25-17-14(10-23-25)19(27)24(12-22-17)11-13-4-2-1-3-5-13/h1-7,10,12H,8-9,11H2,(H,21,26). The summed E-state index contributed by atoms with van der Waals surface area (Å²) in [6.45, 7) is 1.15. The lowest BCUT2D eigenvalue weighted by molar-refractivity contribution is 0.0923. The Morgan fingerprint density at radius 3 is 2.75 bits per heavy atom. The number of furan rings is 1. The van der Waals surface area contributed by atoms with Crippen molar-refractivity contribution in [1.29, 1.82) is 0 Å². The van der Waals surface area contributed by atoms with Crippen LogP contribution in [0.5, 0.6) is 0 Å². The third-order valence-electron chi connectivity index (χ3n) is 4.22. The van der Waals surface area contributed by atoms with Gasteiger partial charge in [0.1, 0.15) is 11.7 Å². The van der Waals surface area contributed by atoms with Crippen molar-refractivity contribution in [3.63, 3.8) is 0 Å². The fourth-order valence-electron chi connectivity index (χ4n) is 2.85. The number of benzene rings is 1. The van der Waals surface area contributed by atoms with E-state index in [0.717, 1.165) is 5.56 Å². The van der Waals surface area contributed by atoms with Gasteiger partial charge >= 0.3 is 0 Å². The first-order chi connectivity index (χ1) is 13.6. The van der Waals surface area contributed by atoms with Gasteiger partial charge in [-0.15, -0.1) is 0 Å². The number of hydrogen-bond acceptors (Lipinski definition) is 5. The molecule has 0 aliphatic carbocycles. The highest BCUT2D eigenvalue weighted by Gasteiger charge is 2.12. The Labute approximate surface area is 167 Å². The molecule has 4 aromatic rings. The van der Waals surface area contributed by atoms with Crippen molar-refractivity contribution < 1.29 is 9.21 Å². The molecule has 0 aliphatic rings. The van der Waals surface area contributed by atoms with E-state index >= 15 is 0 Å². The van der Waals surface area contributed by atoms with Gasteiger partial charge in [-0.05, 0) is 33.6 Å². The molecule has 0 atom stereocenters. The smallest absolute Gasteiger partial charge is 0.287 e. The molecular formula is C19H16BrN5O3. The Kier molecular flexibility index (Phi) is 5.07. The van der Waals surface area contributed by atoms with Crippen LogP contribution in [0.1, 0.15) is 16.1 Å². The molecule has 1 aromatic carbocycles. The molecule has 1 N–H and O–H groups in total. The van der Waals surface area contributed by atoms with Gasteiger partial charge in [0, 0.05) is 6.54 Å². The number of aromatic nitrogens is 4. The van der Waals surface area contributed by atoms with Gasteiger partial charge in [0.05, 0.1) is 19.3 Å². The van der Waals surface area contributed by atoms with Crippen LogP contribution in [0.15, 0.2) is 68.9 Å². The molecule has 0 aliphatic heterocycles. The Hall–Kier alpha value is -3.20. The minimum atomic E-state index is -0.319. The number of carbonyl (C=O) groups excluding carboxylic acids is 1. The van der Waals surface area contributed by atoms with Crippen LogP contribution in [0.3, 0.4) is 0 Å². The van der Waals surface area contributed by atoms with Crippen LogP contribution in [0.2, 0.25) is 0 Å². The van der Waals surface area contributed by atoms with Gasteiger partial charge in [-0.25, -0.2) is 9.67 Å². The van der Waals surface area contributed by atoms with E-state index in [1.807, 2.05) is 30.3 Å². The fourth-order valence-corrected chi connectivity index (χ4v) is 3.16. The van der Waals surface area contributed by atoms with E-state index in [1.54, 1.807) is 21.4 Å². The van der Waals surface area contributed by atoms with Crippen molar-refractivity contribution in [3.8, 4) is 0 Å². The molecule has 0 radical (unpaired) electrons. The second-order valence-electron chi connectivity index (χ2n) is 6.13. The van der Waals surface area contributed by atoms with E-state index in [4.69, 9.17) is 4.42 Å². The topological polar surface area (TPSA) is 95.0 Å². The molecule has 0 saturated carbocycles. The van der Waals surface area contributed by atoms with Crippen molar-refractivity contribution >= 4 is 32.9 Å². The average molecular weight is 442 g/mol. The fraction of sp³-hybridized carbons (Fsp3) is 0.158. The molecule has 1 amide bonds. The number of nitrogens with one attached hydrogen (secondary N) is 1. The van der Waals surface area contributed by atoms with Gasteiger partial charge in [-0.2, -0.15) is 5.10 Å². The SMILES string of the molecule is O=C(NCCn1ncc2c(=O)n(Cc3ccccc3)cnc21)c1ccc(Br)o1. The summed E-state index contributed by atoms with van der Waals surface area (Å²) in [5, 5.41) is 7.43. The van der Waals surface area contributed by atoms with E-state index in [2.05, 4.69) is 31.3 Å². The van der Waals surface area contributed by atoms with Crippen LogP contribution in [-0.4, -0.2) is 31.8 Å². The summed E-state index contributed by atoms with van der Waals surface area (Å²) in [5.74, 6) is -0.0977. The Morgan fingerprint density at radius 2 is 2.00 bits per heavy atom. The van der Waals surface area contributed by atoms with Gasteiger partial charge in [0.2, 0.25) is 0 Å². The highest BCUT2D eigenvalue weighted by Crippen LogP contribution is 2.13. The third kappa shape index (κ3) is 3.74.